The molecule has 0 N–H and O–H groups in total. The number of halogens is 3. The van der Waals surface area contributed by atoms with Gasteiger partial charge in [0, 0.05) is 6.42 Å². The first kappa shape index (κ1) is 7.45. The molecule has 0 bridgehead atoms. The lowest BCUT2D eigenvalue weighted by molar-refractivity contribution is -0.131. The second-order valence-corrected chi connectivity index (χ2v) is 3.92. The zero-order chi connectivity index (χ0) is 7.12. The van der Waals surface area contributed by atoms with Crippen LogP contribution >= 0.6 is 34.8 Å². The molecule has 0 heterocycles. The fourth-order valence-electron chi connectivity index (χ4n) is 0.446. The molecule has 0 radical (unpaired) electrons. The van der Waals surface area contributed by atoms with Crippen molar-refractivity contribution >= 4 is 41.3 Å². The second-order valence-electron chi connectivity index (χ2n) is 1.82. The van der Waals surface area contributed by atoms with Crippen molar-refractivity contribution in [1.82, 2.24) is 0 Å². The number of carbonyl (C=O) groups excluding carboxylic acids is 1. The summed E-state index contributed by atoms with van der Waals surface area (Å²) in [7, 11) is 0. The van der Waals surface area contributed by atoms with Crippen LogP contribution in [0.25, 0.3) is 0 Å². The third-order valence-corrected chi connectivity index (χ3v) is 2.72. The average Bonchev–Trinajstić information content (AvgIpc) is 2.07. The zero-order valence-electron chi connectivity index (χ0n) is 4.23. The van der Waals surface area contributed by atoms with Crippen LogP contribution < -0.4 is 0 Å². The van der Waals surface area contributed by atoms with Gasteiger partial charge < -0.3 is 4.74 Å². The highest BCUT2D eigenvalue weighted by Gasteiger charge is 2.69. The molecule has 1 rings (SSSR count). The van der Waals surface area contributed by atoms with Gasteiger partial charge in [-0.3, -0.25) is 4.79 Å². The number of carbonyl (C=O) groups is 1. The molecule has 1 fully saturated rings. The van der Waals surface area contributed by atoms with Crippen molar-refractivity contribution in [1.29, 1.82) is 0 Å². The topological polar surface area (TPSA) is 26.3 Å². The number of rotatable bonds is 2. The van der Waals surface area contributed by atoms with Crippen LogP contribution in [0, 0.1) is 0 Å². The van der Waals surface area contributed by atoms with Crippen molar-refractivity contribution < 1.29 is 9.53 Å². The molecule has 1 unspecified atom stereocenters. The van der Waals surface area contributed by atoms with Crippen LogP contribution in [0.2, 0.25) is 0 Å². The zero-order valence-corrected chi connectivity index (χ0v) is 6.50. The van der Waals surface area contributed by atoms with Crippen molar-refractivity contribution in [2.24, 2.45) is 0 Å². The predicted molar refractivity (Wildman–Crippen MR) is 34.8 cm³/mol. The number of ether oxygens (including phenoxy) is 1. The van der Waals surface area contributed by atoms with Gasteiger partial charge in [0.05, 0.1) is 0 Å². The smallest absolute Gasteiger partial charge is 0.294 e. The van der Waals surface area contributed by atoms with Gasteiger partial charge in [0.1, 0.15) is 0 Å². The molecule has 0 amide bonds. The minimum absolute atomic E-state index is 0.236. The summed E-state index contributed by atoms with van der Waals surface area (Å²) in [6.45, 7) is 0.236. The fourth-order valence-corrected chi connectivity index (χ4v) is 1.28. The molecular weight excluding hydrogens is 186 g/mol. The lowest BCUT2D eigenvalue weighted by Crippen LogP contribution is -2.12. The maximum Gasteiger partial charge on any atom is 0.294 e. The molecule has 1 saturated carbocycles. The fraction of sp³-hybridized carbons (Fsp3) is 0.750. The number of hydrogen-bond donors (Lipinski definition) is 0. The van der Waals surface area contributed by atoms with Crippen LogP contribution in [0.15, 0.2) is 0 Å². The van der Waals surface area contributed by atoms with Crippen molar-refractivity contribution in [3.63, 3.8) is 0 Å². The maximum absolute atomic E-state index is 9.72. The summed E-state index contributed by atoms with van der Waals surface area (Å²) < 4.78 is 3.29. The Morgan fingerprint density at radius 1 is 1.44 bits per heavy atom. The monoisotopic (exact) mass is 188 g/mol. The molecular formula is C4H3Cl3O2. The van der Waals surface area contributed by atoms with E-state index in [-0.39, 0.29) is 12.9 Å². The molecule has 1 aliphatic carbocycles. The van der Waals surface area contributed by atoms with Gasteiger partial charge >= 0.3 is 0 Å². The highest BCUT2D eigenvalue weighted by atomic mass is 35.5. The Morgan fingerprint density at radius 2 is 1.89 bits per heavy atom. The highest BCUT2D eigenvalue weighted by molar-refractivity contribution is 6.57. The molecule has 0 aromatic carbocycles. The van der Waals surface area contributed by atoms with Crippen LogP contribution in [0.4, 0.5) is 0 Å². The highest BCUT2D eigenvalue weighted by Crippen LogP contribution is 2.61. The lowest BCUT2D eigenvalue weighted by atomic mass is 10.8. The molecule has 1 atom stereocenters. The molecule has 1 aliphatic rings. The van der Waals surface area contributed by atoms with E-state index in [1.807, 2.05) is 0 Å². The van der Waals surface area contributed by atoms with Gasteiger partial charge in [-0.2, -0.15) is 0 Å². The van der Waals surface area contributed by atoms with Gasteiger partial charge in [-0.05, 0) is 0 Å². The van der Waals surface area contributed by atoms with Gasteiger partial charge in [-0.15, -0.1) is 0 Å². The van der Waals surface area contributed by atoms with Crippen LogP contribution in [-0.4, -0.2) is 15.9 Å². The Bertz CT molecular complexity index is 147. The Hall–Kier alpha value is 0.340. The summed E-state index contributed by atoms with van der Waals surface area (Å²) in [4.78, 5) is 9.72. The van der Waals surface area contributed by atoms with E-state index in [4.69, 9.17) is 34.8 Å². The van der Waals surface area contributed by atoms with E-state index in [2.05, 4.69) is 4.74 Å². The Kier molecular flexibility index (Phi) is 1.58. The summed E-state index contributed by atoms with van der Waals surface area (Å²) in [5, 5.41) is -1.17. The molecule has 52 valence electrons. The molecule has 9 heavy (non-hydrogen) atoms. The first-order valence-electron chi connectivity index (χ1n) is 2.20. The first-order chi connectivity index (χ1) is 4.02. The minimum atomic E-state index is -1.17. The third-order valence-electron chi connectivity index (χ3n) is 1.11. The summed E-state index contributed by atoms with van der Waals surface area (Å²) in [5.74, 6) is 0. The van der Waals surface area contributed by atoms with E-state index in [0.29, 0.717) is 0 Å². The lowest BCUT2D eigenvalue weighted by Gasteiger charge is -2.04. The van der Waals surface area contributed by atoms with E-state index in [1.54, 1.807) is 0 Å². The summed E-state index contributed by atoms with van der Waals surface area (Å²) in [6.07, 6.45) is 0.281. The van der Waals surface area contributed by atoms with E-state index in [0.717, 1.165) is 0 Å². The molecule has 0 spiro atoms. The molecule has 0 aromatic rings. The molecule has 5 heteroatoms. The van der Waals surface area contributed by atoms with Crippen LogP contribution in [0.5, 0.6) is 0 Å². The van der Waals surface area contributed by atoms with E-state index in [9.17, 15) is 4.79 Å². The number of hydrogen-bond acceptors (Lipinski definition) is 2. The SMILES string of the molecule is O=COC1(Cl)CC1(Cl)Cl. The first-order valence-corrected chi connectivity index (χ1v) is 3.33. The third kappa shape index (κ3) is 1.11. The molecule has 0 aromatic heterocycles. The van der Waals surface area contributed by atoms with Crippen molar-refractivity contribution in [3.8, 4) is 0 Å². The summed E-state index contributed by atoms with van der Waals surface area (Å²) in [5.41, 5.74) is 0. The van der Waals surface area contributed by atoms with Gasteiger partial charge in [-0.25, -0.2) is 0 Å². The average molecular weight is 189 g/mol. The Balaban J connectivity index is 2.52. The molecule has 0 aliphatic heterocycles. The van der Waals surface area contributed by atoms with Crippen molar-refractivity contribution in [2.45, 2.75) is 15.8 Å². The Morgan fingerprint density at radius 3 is 2.00 bits per heavy atom. The van der Waals surface area contributed by atoms with Gasteiger partial charge in [0.25, 0.3) is 6.47 Å². The van der Waals surface area contributed by atoms with Gasteiger partial charge in [0.15, 0.2) is 4.33 Å². The normalized spacial score (nSPS) is 37.7. The van der Waals surface area contributed by atoms with Gasteiger partial charge in [0.2, 0.25) is 5.06 Å². The molecule has 2 nitrogen and oxygen atoms in total. The van der Waals surface area contributed by atoms with E-state index < -0.39 is 9.39 Å². The predicted octanol–water partition coefficient (Wildman–Crippen LogP) is 1.67. The number of alkyl halides is 3. The second kappa shape index (κ2) is 1.91. The van der Waals surface area contributed by atoms with E-state index >= 15 is 0 Å². The largest absolute Gasteiger partial charge is 0.442 e. The van der Waals surface area contributed by atoms with Crippen molar-refractivity contribution in [3.05, 3.63) is 0 Å². The van der Waals surface area contributed by atoms with E-state index in [1.165, 1.54) is 0 Å². The quantitative estimate of drug-likeness (QED) is 0.488. The van der Waals surface area contributed by atoms with Crippen molar-refractivity contribution in [2.75, 3.05) is 0 Å². The van der Waals surface area contributed by atoms with Crippen LogP contribution in [0.3, 0.4) is 0 Å². The van der Waals surface area contributed by atoms with Gasteiger partial charge in [-0.1, -0.05) is 34.8 Å². The van der Waals surface area contributed by atoms with Crippen LogP contribution in [0.1, 0.15) is 6.42 Å². The Labute approximate surface area is 67.0 Å². The summed E-state index contributed by atoms with van der Waals surface area (Å²) >= 11 is 16.5. The standard InChI is InChI=1S/C4H3Cl3O2/c5-3(6)1-4(3,7)9-2-8/h2H,1H2. The summed E-state index contributed by atoms with van der Waals surface area (Å²) in [6, 6.07) is 0. The minimum Gasteiger partial charge on any atom is -0.442 e. The molecule has 0 saturated heterocycles. The maximum atomic E-state index is 9.72. The van der Waals surface area contributed by atoms with Crippen LogP contribution in [-0.2, 0) is 9.53 Å².